The predicted octanol–water partition coefficient (Wildman–Crippen LogP) is 2.28. The first-order valence-corrected chi connectivity index (χ1v) is 8.67. The molecule has 1 aliphatic rings. The molecule has 2 atom stereocenters. The first-order chi connectivity index (χ1) is 12.4. The lowest BCUT2D eigenvalue weighted by Crippen LogP contribution is -2.57. The van der Waals surface area contributed by atoms with Crippen LogP contribution in [0.15, 0.2) is 42.5 Å². The number of aliphatic hydroxyl groups excluding tert-OH is 1. The number of hydrogen-bond acceptors (Lipinski definition) is 5. The van der Waals surface area contributed by atoms with Gasteiger partial charge in [-0.25, -0.2) is 4.98 Å². The zero-order valence-corrected chi connectivity index (χ0v) is 15.1. The molecule has 138 valence electrons. The van der Waals surface area contributed by atoms with Crippen molar-refractivity contribution in [1.82, 2.24) is 4.98 Å². The van der Waals surface area contributed by atoms with E-state index in [1.54, 1.807) is 7.11 Å². The number of benzene rings is 1. The lowest BCUT2D eigenvalue weighted by atomic mass is 9.73. The molecular formula is C20H24N2O4. The van der Waals surface area contributed by atoms with Crippen LogP contribution >= 0.6 is 0 Å². The summed E-state index contributed by atoms with van der Waals surface area (Å²) in [6.45, 7) is 2.69. The number of carboxylic acid groups (broad SMARTS) is 1. The summed E-state index contributed by atoms with van der Waals surface area (Å²) >= 11 is 0. The fourth-order valence-electron chi connectivity index (χ4n) is 3.59. The van der Waals surface area contributed by atoms with Gasteiger partial charge < -0.3 is 19.8 Å². The van der Waals surface area contributed by atoms with Crippen LogP contribution in [0.1, 0.15) is 17.7 Å². The van der Waals surface area contributed by atoms with Crippen LogP contribution in [0.2, 0.25) is 0 Å². The lowest BCUT2D eigenvalue weighted by molar-refractivity contribution is -0.157. The Morgan fingerprint density at radius 2 is 2.12 bits per heavy atom. The van der Waals surface area contributed by atoms with Crippen LogP contribution in [0.25, 0.3) is 0 Å². The van der Waals surface area contributed by atoms with Crippen molar-refractivity contribution in [3.05, 3.63) is 53.7 Å². The number of rotatable bonds is 5. The lowest BCUT2D eigenvalue weighted by Gasteiger charge is -2.44. The molecule has 26 heavy (non-hydrogen) atoms. The Bertz CT molecular complexity index is 795. The second kappa shape index (κ2) is 7.33. The first kappa shape index (κ1) is 18.2. The van der Waals surface area contributed by atoms with Crippen LogP contribution < -0.4 is 9.64 Å². The fraction of sp³-hybridized carbons (Fsp3) is 0.400. The monoisotopic (exact) mass is 356 g/mol. The summed E-state index contributed by atoms with van der Waals surface area (Å²) in [5, 5.41) is 20.7. The Labute approximate surface area is 153 Å². The van der Waals surface area contributed by atoms with Gasteiger partial charge in [-0.3, -0.25) is 4.79 Å². The van der Waals surface area contributed by atoms with Crippen molar-refractivity contribution in [1.29, 1.82) is 0 Å². The van der Waals surface area contributed by atoms with Crippen molar-refractivity contribution in [2.75, 3.05) is 25.1 Å². The van der Waals surface area contributed by atoms with Crippen molar-refractivity contribution in [3.8, 4) is 5.75 Å². The van der Waals surface area contributed by atoms with Gasteiger partial charge in [0.25, 0.3) is 0 Å². The second-order valence-electron chi connectivity index (χ2n) is 6.85. The average molecular weight is 356 g/mol. The second-order valence-corrected chi connectivity index (χ2v) is 6.85. The van der Waals surface area contributed by atoms with E-state index in [0.29, 0.717) is 18.7 Å². The standard InChI is InChI=1S/C20H24N2O4/c1-14-5-3-8-18(21-14)22-10-9-17(23)20(13-22,19(24)25)12-15-6-4-7-16(11-15)26-2/h3-8,11,17,23H,9-10,12-13H2,1-2H3,(H,24,25)/t17-,20+/m0/s1. The van der Waals surface area contributed by atoms with Crippen molar-refractivity contribution >= 4 is 11.8 Å². The third kappa shape index (κ3) is 3.51. The molecular weight excluding hydrogens is 332 g/mol. The molecule has 0 aliphatic carbocycles. The van der Waals surface area contributed by atoms with Crippen molar-refractivity contribution in [2.45, 2.75) is 25.9 Å². The average Bonchev–Trinajstić information content (AvgIpc) is 2.63. The van der Waals surface area contributed by atoms with Gasteiger partial charge in [0.15, 0.2) is 0 Å². The fourth-order valence-corrected chi connectivity index (χ4v) is 3.59. The summed E-state index contributed by atoms with van der Waals surface area (Å²) in [4.78, 5) is 18.7. The topological polar surface area (TPSA) is 82.9 Å². The minimum Gasteiger partial charge on any atom is -0.497 e. The number of piperidine rings is 1. The maximum absolute atomic E-state index is 12.3. The highest BCUT2D eigenvalue weighted by Crippen LogP contribution is 2.36. The number of aliphatic carboxylic acids is 1. The van der Waals surface area contributed by atoms with E-state index in [2.05, 4.69) is 4.98 Å². The van der Waals surface area contributed by atoms with E-state index in [1.165, 1.54) is 0 Å². The van der Waals surface area contributed by atoms with Crippen molar-refractivity contribution in [2.24, 2.45) is 5.41 Å². The third-order valence-electron chi connectivity index (χ3n) is 5.06. The molecule has 0 spiro atoms. The zero-order chi connectivity index (χ0) is 18.7. The smallest absolute Gasteiger partial charge is 0.314 e. The highest BCUT2D eigenvalue weighted by atomic mass is 16.5. The quantitative estimate of drug-likeness (QED) is 0.855. The molecule has 1 saturated heterocycles. The van der Waals surface area contributed by atoms with Gasteiger partial charge in [-0.2, -0.15) is 0 Å². The molecule has 1 aliphatic heterocycles. The molecule has 2 N–H and O–H groups in total. The summed E-state index contributed by atoms with van der Waals surface area (Å²) < 4.78 is 5.24. The zero-order valence-electron chi connectivity index (χ0n) is 15.1. The number of hydrogen-bond donors (Lipinski definition) is 2. The minimum absolute atomic E-state index is 0.206. The Balaban J connectivity index is 1.93. The molecule has 0 bridgehead atoms. The summed E-state index contributed by atoms with van der Waals surface area (Å²) in [5.41, 5.74) is 0.406. The van der Waals surface area contributed by atoms with E-state index in [9.17, 15) is 15.0 Å². The molecule has 0 amide bonds. The van der Waals surface area contributed by atoms with Crippen LogP contribution in [-0.4, -0.2) is 47.5 Å². The maximum atomic E-state index is 12.3. The molecule has 1 fully saturated rings. The van der Waals surface area contributed by atoms with E-state index < -0.39 is 17.5 Å². The number of ether oxygens (including phenoxy) is 1. The van der Waals surface area contributed by atoms with Gasteiger partial charge in [-0.15, -0.1) is 0 Å². The predicted molar refractivity (Wildman–Crippen MR) is 98.6 cm³/mol. The third-order valence-corrected chi connectivity index (χ3v) is 5.06. The maximum Gasteiger partial charge on any atom is 0.314 e. The molecule has 0 saturated carbocycles. The molecule has 6 heteroatoms. The SMILES string of the molecule is COc1cccc(C[C@@]2(C(=O)O)CN(c3cccc(C)n3)CC[C@@H]2O)c1. The number of aromatic nitrogens is 1. The van der Waals surface area contributed by atoms with E-state index in [-0.39, 0.29) is 13.0 Å². The highest BCUT2D eigenvalue weighted by molar-refractivity contribution is 5.77. The number of pyridine rings is 1. The molecule has 0 radical (unpaired) electrons. The minimum atomic E-state index is -1.30. The van der Waals surface area contributed by atoms with Gasteiger partial charge in [-0.05, 0) is 49.6 Å². The molecule has 0 unspecified atom stereocenters. The van der Waals surface area contributed by atoms with Gasteiger partial charge in [0, 0.05) is 18.8 Å². The Kier molecular flexibility index (Phi) is 5.13. The van der Waals surface area contributed by atoms with Gasteiger partial charge in [0.05, 0.1) is 13.2 Å². The van der Waals surface area contributed by atoms with E-state index in [0.717, 1.165) is 17.1 Å². The highest BCUT2D eigenvalue weighted by Gasteiger charge is 2.49. The molecule has 6 nitrogen and oxygen atoms in total. The number of anilines is 1. The van der Waals surface area contributed by atoms with Gasteiger partial charge in [0.2, 0.25) is 0 Å². The van der Waals surface area contributed by atoms with Crippen molar-refractivity contribution in [3.63, 3.8) is 0 Å². The number of nitrogens with zero attached hydrogens (tertiary/aromatic N) is 2. The van der Waals surface area contributed by atoms with Gasteiger partial charge in [0.1, 0.15) is 17.0 Å². The molecule has 1 aromatic heterocycles. The van der Waals surface area contributed by atoms with Gasteiger partial charge >= 0.3 is 5.97 Å². The van der Waals surface area contributed by atoms with Crippen LogP contribution in [0.5, 0.6) is 5.75 Å². The Morgan fingerprint density at radius 3 is 2.81 bits per heavy atom. The Morgan fingerprint density at radius 1 is 1.35 bits per heavy atom. The molecule has 1 aromatic carbocycles. The molecule has 3 rings (SSSR count). The van der Waals surface area contributed by atoms with Crippen LogP contribution in [-0.2, 0) is 11.2 Å². The van der Waals surface area contributed by atoms with Crippen LogP contribution in [0.3, 0.4) is 0 Å². The summed E-state index contributed by atoms with van der Waals surface area (Å²) in [7, 11) is 1.58. The normalized spacial score (nSPS) is 22.9. The van der Waals surface area contributed by atoms with Crippen LogP contribution in [0, 0.1) is 12.3 Å². The summed E-state index contributed by atoms with van der Waals surface area (Å²) in [5.74, 6) is 0.420. The van der Waals surface area contributed by atoms with E-state index >= 15 is 0 Å². The Hall–Kier alpha value is -2.60. The number of carbonyl (C=O) groups is 1. The van der Waals surface area contributed by atoms with Crippen LogP contribution in [0.4, 0.5) is 5.82 Å². The largest absolute Gasteiger partial charge is 0.497 e. The van der Waals surface area contributed by atoms with E-state index in [4.69, 9.17) is 4.74 Å². The number of carboxylic acids is 1. The number of aryl methyl sites for hydroxylation is 1. The number of aliphatic hydroxyl groups is 1. The summed E-state index contributed by atoms with van der Waals surface area (Å²) in [6.07, 6.45) is -0.318. The van der Waals surface area contributed by atoms with Crippen molar-refractivity contribution < 1.29 is 19.7 Å². The number of methoxy groups -OCH3 is 1. The molecule has 2 heterocycles. The first-order valence-electron chi connectivity index (χ1n) is 8.67. The van der Waals surface area contributed by atoms with E-state index in [1.807, 2.05) is 54.3 Å². The molecule has 2 aromatic rings. The van der Waals surface area contributed by atoms with Gasteiger partial charge in [-0.1, -0.05) is 18.2 Å². The summed E-state index contributed by atoms with van der Waals surface area (Å²) in [6, 6.07) is 13.0.